The number of hydrogen-bond acceptors (Lipinski definition) is 4. The summed E-state index contributed by atoms with van der Waals surface area (Å²) in [5.74, 6) is -0.0396. The Bertz CT molecular complexity index is 670. The number of halogens is 3. The quantitative estimate of drug-likeness (QED) is 0.879. The summed E-state index contributed by atoms with van der Waals surface area (Å²) >= 11 is 1.03. The topological polar surface area (TPSA) is 69.0 Å². The van der Waals surface area contributed by atoms with Gasteiger partial charge < -0.3 is 10.2 Å². The second kappa shape index (κ2) is 6.83. The molecule has 0 spiro atoms. The Hall–Kier alpha value is -1.82. The Labute approximate surface area is 147 Å². The molecule has 1 aliphatic carbocycles. The Balaban J connectivity index is 1.49. The van der Waals surface area contributed by atoms with E-state index in [1.54, 1.807) is 4.90 Å². The molecule has 5 nitrogen and oxygen atoms in total. The average molecular weight is 372 g/mol. The molecule has 0 radical (unpaired) electrons. The van der Waals surface area contributed by atoms with Gasteiger partial charge in [-0.2, -0.15) is 18.4 Å². The zero-order valence-electron chi connectivity index (χ0n) is 13.6. The highest BCUT2D eigenvalue weighted by Crippen LogP contribution is 2.39. The molecule has 0 unspecified atom stereocenters. The maximum Gasteiger partial charge on any atom is 0.434 e. The second-order valence-corrected chi connectivity index (χ2v) is 7.62. The van der Waals surface area contributed by atoms with Crippen molar-refractivity contribution in [3.63, 3.8) is 0 Å². The molecule has 2 fully saturated rings. The number of carbonyl (C=O) groups excluding carboxylic acids is 1. The fraction of sp³-hybridized carbons (Fsp3) is 0.688. The summed E-state index contributed by atoms with van der Waals surface area (Å²) in [5, 5.41) is 13.5. The van der Waals surface area contributed by atoms with E-state index in [4.69, 9.17) is 0 Å². The summed E-state index contributed by atoms with van der Waals surface area (Å²) in [6.45, 7) is 1.33. The number of hydrogen-bond donors (Lipinski definition) is 1. The first kappa shape index (κ1) is 18.0. The summed E-state index contributed by atoms with van der Waals surface area (Å²) in [7, 11) is 0. The molecule has 25 heavy (non-hydrogen) atoms. The van der Waals surface area contributed by atoms with E-state index in [2.05, 4.69) is 16.4 Å². The number of carbonyl (C=O) groups is 1. The maximum atomic E-state index is 12.6. The third-order valence-electron chi connectivity index (χ3n) is 5.07. The lowest BCUT2D eigenvalue weighted by Crippen LogP contribution is -2.48. The van der Waals surface area contributed by atoms with Crippen molar-refractivity contribution in [1.29, 1.82) is 5.26 Å². The summed E-state index contributed by atoms with van der Waals surface area (Å²) in [4.78, 5) is 17.6. The van der Waals surface area contributed by atoms with Gasteiger partial charge in [-0.1, -0.05) is 6.42 Å². The smallest absolute Gasteiger partial charge is 0.336 e. The van der Waals surface area contributed by atoms with Gasteiger partial charge in [0.2, 0.25) is 0 Å². The van der Waals surface area contributed by atoms with Crippen molar-refractivity contribution in [2.24, 2.45) is 5.41 Å². The van der Waals surface area contributed by atoms with Crippen LogP contribution in [0.4, 0.5) is 18.0 Å². The molecule has 0 atom stereocenters. The van der Waals surface area contributed by atoms with E-state index in [1.165, 1.54) is 0 Å². The normalized spacial score (nSPS) is 20.6. The number of piperidine rings is 1. The highest BCUT2D eigenvalue weighted by atomic mass is 32.1. The number of amides is 2. The molecule has 1 saturated carbocycles. The molecule has 0 bridgehead atoms. The minimum atomic E-state index is -4.41. The number of alkyl halides is 3. The van der Waals surface area contributed by atoms with Crippen LogP contribution in [0.3, 0.4) is 0 Å². The van der Waals surface area contributed by atoms with Gasteiger partial charge in [0, 0.05) is 30.9 Å². The number of aromatic nitrogens is 1. The molecule has 9 heteroatoms. The van der Waals surface area contributed by atoms with Crippen molar-refractivity contribution < 1.29 is 18.0 Å². The Morgan fingerprint density at radius 1 is 1.44 bits per heavy atom. The van der Waals surface area contributed by atoms with Gasteiger partial charge in [0.05, 0.1) is 16.5 Å². The predicted molar refractivity (Wildman–Crippen MR) is 86.0 cm³/mol. The van der Waals surface area contributed by atoms with E-state index in [-0.39, 0.29) is 11.9 Å². The maximum absolute atomic E-state index is 12.6. The molecular formula is C16H19F3N4OS. The lowest BCUT2D eigenvalue weighted by molar-refractivity contribution is -0.140. The molecule has 3 rings (SSSR count). The second-order valence-electron chi connectivity index (χ2n) is 6.73. The largest absolute Gasteiger partial charge is 0.434 e. The van der Waals surface area contributed by atoms with E-state index in [0.29, 0.717) is 37.5 Å². The van der Waals surface area contributed by atoms with Crippen LogP contribution in [0.2, 0.25) is 0 Å². The number of nitriles is 1. The molecule has 1 aromatic rings. The molecule has 2 aliphatic rings. The lowest BCUT2D eigenvalue weighted by Gasteiger charge is -2.37. The molecule has 1 aliphatic heterocycles. The van der Waals surface area contributed by atoms with Crippen LogP contribution in [-0.4, -0.2) is 35.5 Å². The zero-order chi connectivity index (χ0) is 18.1. The van der Waals surface area contributed by atoms with Gasteiger partial charge >= 0.3 is 12.2 Å². The predicted octanol–water partition coefficient (Wildman–Crippen LogP) is 3.74. The van der Waals surface area contributed by atoms with Gasteiger partial charge in [-0.05, 0) is 25.7 Å². The molecule has 1 N–H and O–H groups in total. The first-order chi connectivity index (χ1) is 11.8. The number of nitrogens with zero attached hydrogens (tertiary/aromatic N) is 3. The van der Waals surface area contributed by atoms with Crippen molar-refractivity contribution in [2.75, 3.05) is 19.6 Å². The molecule has 1 aromatic heterocycles. The van der Waals surface area contributed by atoms with E-state index >= 15 is 0 Å². The van der Waals surface area contributed by atoms with Crippen LogP contribution in [0, 0.1) is 16.7 Å². The van der Waals surface area contributed by atoms with Gasteiger partial charge in [0.25, 0.3) is 0 Å². The van der Waals surface area contributed by atoms with Crippen molar-refractivity contribution >= 4 is 17.4 Å². The first-order valence-electron chi connectivity index (χ1n) is 8.30. The Kier molecular flexibility index (Phi) is 4.91. The van der Waals surface area contributed by atoms with E-state index in [9.17, 15) is 23.2 Å². The van der Waals surface area contributed by atoms with E-state index in [1.807, 2.05) is 0 Å². The minimum absolute atomic E-state index is 0.0396. The highest BCUT2D eigenvalue weighted by molar-refractivity contribution is 7.09. The Morgan fingerprint density at radius 3 is 2.60 bits per heavy atom. The van der Waals surface area contributed by atoms with Crippen LogP contribution in [-0.2, 0) is 6.18 Å². The van der Waals surface area contributed by atoms with Crippen LogP contribution in [0.5, 0.6) is 0 Å². The lowest BCUT2D eigenvalue weighted by atomic mass is 9.70. The van der Waals surface area contributed by atoms with Gasteiger partial charge in [0.15, 0.2) is 5.69 Å². The van der Waals surface area contributed by atoms with E-state index < -0.39 is 17.3 Å². The van der Waals surface area contributed by atoms with E-state index in [0.717, 1.165) is 36.0 Å². The molecule has 0 aromatic carbocycles. The van der Waals surface area contributed by atoms with Gasteiger partial charge in [0.1, 0.15) is 0 Å². The van der Waals surface area contributed by atoms with Crippen LogP contribution >= 0.6 is 11.3 Å². The number of likely N-dealkylation sites (tertiary alicyclic amines) is 1. The highest BCUT2D eigenvalue weighted by Gasteiger charge is 2.38. The molecule has 136 valence electrons. The zero-order valence-corrected chi connectivity index (χ0v) is 14.4. The molecule has 2 heterocycles. The van der Waals surface area contributed by atoms with Gasteiger partial charge in [-0.3, -0.25) is 0 Å². The number of rotatable bonds is 3. The third-order valence-corrected chi connectivity index (χ3v) is 6.08. The monoisotopic (exact) mass is 372 g/mol. The fourth-order valence-corrected chi connectivity index (χ4v) is 4.22. The van der Waals surface area contributed by atoms with Crippen LogP contribution in [0.15, 0.2) is 5.38 Å². The summed E-state index contributed by atoms with van der Waals surface area (Å²) in [6, 6.07) is 2.09. The van der Waals surface area contributed by atoms with Crippen LogP contribution < -0.4 is 5.32 Å². The number of thiazole rings is 1. The SMILES string of the molecule is N#CC1(CNC(=O)N2CCC(c3nc(C(F)(F)F)cs3)CC2)CCC1. The summed E-state index contributed by atoms with van der Waals surface area (Å²) < 4.78 is 37.9. The van der Waals surface area contributed by atoms with Crippen LogP contribution in [0.25, 0.3) is 0 Å². The number of nitrogens with one attached hydrogen (secondary N) is 1. The van der Waals surface area contributed by atoms with Crippen molar-refractivity contribution in [1.82, 2.24) is 15.2 Å². The summed E-state index contributed by atoms with van der Waals surface area (Å²) in [6.07, 6.45) is -0.561. The van der Waals surface area contributed by atoms with Gasteiger partial charge in [-0.25, -0.2) is 9.78 Å². The van der Waals surface area contributed by atoms with Crippen molar-refractivity contribution in [3.8, 4) is 6.07 Å². The van der Waals surface area contributed by atoms with Crippen molar-refractivity contribution in [2.45, 2.75) is 44.2 Å². The third kappa shape index (κ3) is 3.89. The fourth-order valence-electron chi connectivity index (χ4n) is 3.22. The van der Waals surface area contributed by atoms with Gasteiger partial charge in [-0.15, -0.1) is 11.3 Å². The van der Waals surface area contributed by atoms with Crippen LogP contribution in [0.1, 0.15) is 48.7 Å². The Morgan fingerprint density at radius 2 is 2.12 bits per heavy atom. The van der Waals surface area contributed by atoms with Crippen molar-refractivity contribution in [3.05, 3.63) is 16.1 Å². The molecule has 1 saturated heterocycles. The number of urea groups is 1. The standard InChI is InChI=1S/C16H19F3N4OS/c17-16(18,19)12-8-25-13(22-12)11-2-6-23(7-3-11)14(24)21-10-15(9-20)4-1-5-15/h8,11H,1-7,10H2,(H,21,24). The average Bonchev–Trinajstić information content (AvgIpc) is 3.04. The summed E-state index contributed by atoms with van der Waals surface area (Å²) in [5.41, 5.74) is -1.25. The minimum Gasteiger partial charge on any atom is -0.336 e. The first-order valence-corrected chi connectivity index (χ1v) is 9.18. The molecule has 2 amide bonds. The molecular weight excluding hydrogens is 353 g/mol.